The second kappa shape index (κ2) is 5.78. The largest absolute Gasteiger partial charge is 0.304 e. The van der Waals surface area contributed by atoms with E-state index in [4.69, 9.17) is 0 Å². The summed E-state index contributed by atoms with van der Waals surface area (Å²) in [6.45, 7) is 13.3. The summed E-state index contributed by atoms with van der Waals surface area (Å²) in [5.74, 6) is 0. The molecule has 0 saturated carbocycles. The molecule has 0 unspecified atom stereocenters. The molecule has 0 radical (unpaired) electrons. The Labute approximate surface area is 87.2 Å². The van der Waals surface area contributed by atoms with Gasteiger partial charge in [-0.15, -0.1) is 0 Å². The molecule has 2 nitrogen and oxygen atoms in total. The van der Waals surface area contributed by atoms with Gasteiger partial charge >= 0.3 is 0 Å². The summed E-state index contributed by atoms with van der Waals surface area (Å²) in [6, 6.07) is 0. The van der Waals surface area contributed by atoms with Gasteiger partial charge in [-0.05, 0) is 12.6 Å². The van der Waals surface area contributed by atoms with Crippen LogP contribution in [-0.4, -0.2) is 49.6 Å². The Morgan fingerprint density at radius 2 is 1.93 bits per heavy atom. The van der Waals surface area contributed by atoms with E-state index in [2.05, 4.69) is 30.0 Å². The molecule has 0 amide bonds. The predicted molar refractivity (Wildman–Crippen MR) is 62.4 cm³/mol. The average molecular weight is 192 g/mol. The van der Waals surface area contributed by atoms with E-state index in [0.717, 1.165) is 25.2 Å². The van der Waals surface area contributed by atoms with E-state index in [1.165, 1.54) is 13.1 Å². The molecule has 0 atom stereocenters. The van der Waals surface area contributed by atoms with Gasteiger partial charge in [0.2, 0.25) is 0 Å². The van der Waals surface area contributed by atoms with Crippen molar-refractivity contribution < 1.29 is 0 Å². The molecule has 0 bridgehead atoms. The third-order valence-electron chi connectivity index (χ3n) is 2.49. The minimum Gasteiger partial charge on any atom is -0.304 e. The molecule has 1 aliphatic rings. The molecular formula is C12H20N2. The molecule has 0 aromatic heterocycles. The van der Waals surface area contributed by atoms with Crippen molar-refractivity contribution in [2.45, 2.75) is 0 Å². The quantitative estimate of drug-likeness (QED) is 0.623. The molecule has 1 saturated heterocycles. The Morgan fingerprint density at radius 1 is 1.29 bits per heavy atom. The maximum Gasteiger partial charge on any atom is 0.0228 e. The van der Waals surface area contributed by atoms with Gasteiger partial charge in [0.25, 0.3) is 0 Å². The average Bonchev–Trinajstić information content (AvgIpc) is 2.18. The highest BCUT2D eigenvalue weighted by atomic mass is 15.2. The van der Waals surface area contributed by atoms with E-state index in [1.54, 1.807) is 6.08 Å². The molecule has 1 fully saturated rings. The van der Waals surface area contributed by atoms with Crippen molar-refractivity contribution in [2.24, 2.45) is 0 Å². The zero-order valence-electron chi connectivity index (χ0n) is 9.08. The fraction of sp³-hybridized carbons (Fsp3) is 0.500. The first-order chi connectivity index (χ1) is 6.72. The highest BCUT2D eigenvalue weighted by molar-refractivity contribution is 5.19. The lowest BCUT2D eigenvalue weighted by molar-refractivity contribution is 0.165. The zero-order chi connectivity index (χ0) is 10.4. The van der Waals surface area contributed by atoms with Gasteiger partial charge in [-0.1, -0.05) is 31.4 Å². The fourth-order valence-corrected chi connectivity index (χ4v) is 1.55. The maximum absolute atomic E-state index is 4.02. The van der Waals surface area contributed by atoms with Crippen LogP contribution in [0.25, 0.3) is 0 Å². The molecule has 78 valence electrons. The van der Waals surface area contributed by atoms with Crippen LogP contribution >= 0.6 is 0 Å². The predicted octanol–water partition coefficient (Wildman–Crippen LogP) is 1.53. The molecule has 1 rings (SSSR count). The maximum atomic E-state index is 4.02. The van der Waals surface area contributed by atoms with E-state index >= 15 is 0 Å². The third kappa shape index (κ3) is 3.90. The zero-order valence-corrected chi connectivity index (χ0v) is 9.08. The second-order valence-electron chi connectivity index (χ2n) is 3.83. The van der Waals surface area contributed by atoms with Crippen LogP contribution in [0, 0.1) is 0 Å². The first-order valence-corrected chi connectivity index (χ1v) is 5.10. The van der Waals surface area contributed by atoms with Gasteiger partial charge in [0.1, 0.15) is 0 Å². The van der Waals surface area contributed by atoms with Crippen LogP contribution in [0.5, 0.6) is 0 Å². The Morgan fingerprint density at radius 3 is 2.50 bits per heavy atom. The van der Waals surface area contributed by atoms with Gasteiger partial charge in [0.05, 0.1) is 0 Å². The molecule has 1 heterocycles. The number of rotatable bonds is 4. The summed E-state index contributed by atoms with van der Waals surface area (Å²) in [4.78, 5) is 4.80. The molecule has 2 heteroatoms. The van der Waals surface area contributed by atoms with Crippen molar-refractivity contribution in [1.29, 1.82) is 0 Å². The van der Waals surface area contributed by atoms with E-state index < -0.39 is 0 Å². The van der Waals surface area contributed by atoms with Crippen LogP contribution in [0.2, 0.25) is 0 Å². The van der Waals surface area contributed by atoms with Crippen LogP contribution in [-0.2, 0) is 0 Å². The van der Waals surface area contributed by atoms with Crippen molar-refractivity contribution in [1.82, 2.24) is 9.80 Å². The third-order valence-corrected chi connectivity index (χ3v) is 2.49. The number of hydrogen-bond donors (Lipinski definition) is 0. The number of piperazine rings is 1. The summed E-state index contributed by atoms with van der Waals surface area (Å²) in [5.41, 5.74) is 1.16. The highest BCUT2D eigenvalue weighted by Crippen LogP contribution is 2.03. The molecule has 0 aliphatic carbocycles. The van der Waals surface area contributed by atoms with Crippen molar-refractivity contribution >= 4 is 0 Å². The molecule has 14 heavy (non-hydrogen) atoms. The molecule has 0 aromatic rings. The van der Waals surface area contributed by atoms with Crippen molar-refractivity contribution in [3.8, 4) is 0 Å². The molecular weight excluding hydrogens is 172 g/mol. The SMILES string of the molecule is C=C/C=C\C(=C)CN1CCN(C)CC1. The van der Waals surface area contributed by atoms with E-state index in [0.29, 0.717) is 0 Å². The van der Waals surface area contributed by atoms with Gasteiger partial charge < -0.3 is 4.90 Å². The van der Waals surface area contributed by atoms with Crippen LogP contribution in [0.3, 0.4) is 0 Å². The van der Waals surface area contributed by atoms with Gasteiger partial charge in [0, 0.05) is 32.7 Å². The monoisotopic (exact) mass is 192 g/mol. The van der Waals surface area contributed by atoms with Crippen LogP contribution in [0.1, 0.15) is 0 Å². The van der Waals surface area contributed by atoms with E-state index in [9.17, 15) is 0 Å². The summed E-state index contributed by atoms with van der Waals surface area (Å²) >= 11 is 0. The van der Waals surface area contributed by atoms with Crippen LogP contribution in [0.15, 0.2) is 37.0 Å². The summed E-state index contributed by atoms with van der Waals surface area (Å²) in [5, 5.41) is 0. The molecule has 0 spiro atoms. The summed E-state index contributed by atoms with van der Waals surface area (Å²) in [7, 11) is 2.17. The standard InChI is InChI=1S/C12H20N2/c1-4-5-6-12(2)11-14-9-7-13(3)8-10-14/h4-6H,1-2,7-11H2,3H3/b6-5-. The fourth-order valence-electron chi connectivity index (χ4n) is 1.55. The molecule has 1 aliphatic heterocycles. The van der Waals surface area contributed by atoms with Gasteiger partial charge in [-0.3, -0.25) is 4.90 Å². The summed E-state index contributed by atoms with van der Waals surface area (Å²) < 4.78 is 0. The Bertz CT molecular complexity index is 222. The lowest BCUT2D eigenvalue weighted by Crippen LogP contribution is -2.44. The lowest BCUT2D eigenvalue weighted by Gasteiger charge is -2.32. The molecule has 0 N–H and O–H groups in total. The van der Waals surface area contributed by atoms with Gasteiger partial charge in [0.15, 0.2) is 0 Å². The number of likely N-dealkylation sites (N-methyl/N-ethyl adjacent to an activating group) is 1. The summed E-state index contributed by atoms with van der Waals surface area (Å²) in [6.07, 6.45) is 5.76. The Kier molecular flexibility index (Phi) is 4.63. The topological polar surface area (TPSA) is 6.48 Å². The van der Waals surface area contributed by atoms with Crippen LogP contribution < -0.4 is 0 Å². The van der Waals surface area contributed by atoms with Gasteiger partial charge in [-0.2, -0.15) is 0 Å². The Balaban J connectivity index is 2.27. The van der Waals surface area contributed by atoms with E-state index in [-0.39, 0.29) is 0 Å². The Hall–Kier alpha value is -0.860. The number of hydrogen-bond acceptors (Lipinski definition) is 2. The van der Waals surface area contributed by atoms with E-state index in [1.807, 2.05) is 12.2 Å². The first kappa shape index (κ1) is 11.2. The first-order valence-electron chi connectivity index (χ1n) is 5.10. The lowest BCUT2D eigenvalue weighted by atomic mass is 10.2. The van der Waals surface area contributed by atoms with Crippen LogP contribution in [0.4, 0.5) is 0 Å². The number of nitrogens with zero attached hydrogens (tertiary/aromatic N) is 2. The minimum atomic E-state index is 0.984. The van der Waals surface area contributed by atoms with Crippen molar-refractivity contribution in [2.75, 3.05) is 39.8 Å². The van der Waals surface area contributed by atoms with Crippen molar-refractivity contribution in [3.63, 3.8) is 0 Å². The van der Waals surface area contributed by atoms with Gasteiger partial charge in [-0.25, -0.2) is 0 Å². The molecule has 0 aromatic carbocycles. The second-order valence-corrected chi connectivity index (χ2v) is 3.83. The number of allylic oxidation sites excluding steroid dienone is 2. The highest BCUT2D eigenvalue weighted by Gasteiger charge is 2.12. The smallest absolute Gasteiger partial charge is 0.0228 e. The normalized spacial score (nSPS) is 20.1. The minimum absolute atomic E-state index is 0.984. The van der Waals surface area contributed by atoms with Crippen molar-refractivity contribution in [3.05, 3.63) is 37.0 Å².